The predicted octanol–water partition coefficient (Wildman–Crippen LogP) is 1.53. The second-order valence-corrected chi connectivity index (χ2v) is 4.05. The van der Waals surface area contributed by atoms with Crippen LogP contribution in [0.2, 0.25) is 0 Å². The molecule has 1 rings (SSSR count). The highest BCUT2D eigenvalue weighted by molar-refractivity contribution is 5.89. The zero-order valence-corrected chi connectivity index (χ0v) is 9.94. The largest absolute Gasteiger partial charge is 0.330 e. The van der Waals surface area contributed by atoms with Crippen LogP contribution in [0.3, 0.4) is 0 Å². The quantitative estimate of drug-likeness (QED) is 0.720. The Bertz CT molecular complexity index is 332. The van der Waals surface area contributed by atoms with Gasteiger partial charge < -0.3 is 11.1 Å². The first kappa shape index (κ1) is 12.7. The fraction of sp³-hybridized carbons (Fsp3) is 0.636. The zero-order chi connectivity index (χ0) is 12.0. The molecule has 1 aromatic rings. The third-order valence-electron chi connectivity index (χ3n) is 2.28. The van der Waals surface area contributed by atoms with Crippen LogP contribution in [0.15, 0.2) is 12.3 Å². The molecule has 0 fully saturated rings. The molecule has 0 aromatic carbocycles. The van der Waals surface area contributed by atoms with Gasteiger partial charge in [0.25, 0.3) is 0 Å². The molecule has 0 radical (unpaired) electrons. The number of hydrogen-bond acceptors (Lipinski definition) is 3. The van der Waals surface area contributed by atoms with E-state index in [9.17, 15) is 4.79 Å². The fourth-order valence-electron chi connectivity index (χ4n) is 1.46. The van der Waals surface area contributed by atoms with Gasteiger partial charge in [-0.25, -0.2) is 4.68 Å². The van der Waals surface area contributed by atoms with E-state index in [1.165, 1.54) is 0 Å². The SMILES string of the molecule is CC(C)n1nccc1NC(=O)CCCCN. The Kier molecular flexibility index (Phi) is 4.98. The van der Waals surface area contributed by atoms with Crippen LogP contribution in [0.5, 0.6) is 0 Å². The van der Waals surface area contributed by atoms with Crippen LogP contribution >= 0.6 is 0 Å². The van der Waals surface area contributed by atoms with Crippen LogP contribution in [-0.2, 0) is 4.79 Å². The molecule has 5 nitrogen and oxygen atoms in total. The molecule has 90 valence electrons. The second kappa shape index (κ2) is 6.27. The number of nitrogens with one attached hydrogen (secondary N) is 1. The molecule has 5 heteroatoms. The molecule has 0 atom stereocenters. The number of carbonyl (C=O) groups is 1. The summed E-state index contributed by atoms with van der Waals surface area (Å²) in [5.41, 5.74) is 5.37. The minimum absolute atomic E-state index is 0.0239. The Morgan fingerprint density at radius 3 is 2.94 bits per heavy atom. The summed E-state index contributed by atoms with van der Waals surface area (Å²) < 4.78 is 1.79. The van der Waals surface area contributed by atoms with E-state index in [1.807, 2.05) is 13.8 Å². The number of unbranched alkanes of at least 4 members (excludes halogenated alkanes) is 1. The van der Waals surface area contributed by atoms with E-state index in [-0.39, 0.29) is 11.9 Å². The Labute approximate surface area is 96.0 Å². The number of amides is 1. The number of rotatable bonds is 6. The molecule has 0 aliphatic heterocycles. The van der Waals surface area contributed by atoms with Crippen molar-refractivity contribution in [3.05, 3.63) is 12.3 Å². The number of anilines is 1. The molecule has 0 saturated heterocycles. The summed E-state index contributed by atoms with van der Waals surface area (Å²) >= 11 is 0. The van der Waals surface area contributed by atoms with Gasteiger partial charge in [-0.05, 0) is 33.2 Å². The molecule has 0 aliphatic carbocycles. The number of aromatic nitrogens is 2. The summed E-state index contributed by atoms with van der Waals surface area (Å²) in [4.78, 5) is 11.6. The monoisotopic (exact) mass is 224 g/mol. The van der Waals surface area contributed by atoms with Gasteiger partial charge in [0.15, 0.2) is 0 Å². The van der Waals surface area contributed by atoms with Gasteiger partial charge in [0, 0.05) is 18.5 Å². The molecule has 0 bridgehead atoms. The van der Waals surface area contributed by atoms with Crippen molar-refractivity contribution < 1.29 is 4.79 Å². The summed E-state index contributed by atoms with van der Waals surface area (Å²) in [5, 5.41) is 7.00. The normalized spacial score (nSPS) is 10.8. The molecule has 0 unspecified atom stereocenters. The number of nitrogens with zero attached hydrogens (tertiary/aromatic N) is 2. The van der Waals surface area contributed by atoms with Crippen molar-refractivity contribution in [3.63, 3.8) is 0 Å². The van der Waals surface area contributed by atoms with Crippen LogP contribution in [0.1, 0.15) is 39.2 Å². The lowest BCUT2D eigenvalue weighted by Gasteiger charge is -2.11. The van der Waals surface area contributed by atoms with E-state index >= 15 is 0 Å². The third kappa shape index (κ3) is 3.66. The van der Waals surface area contributed by atoms with E-state index in [4.69, 9.17) is 5.73 Å². The Morgan fingerprint density at radius 2 is 2.31 bits per heavy atom. The van der Waals surface area contributed by atoms with Crippen LogP contribution in [0.25, 0.3) is 0 Å². The Morgan fingerprint density at radius 1 is 1.56 bits per heavy atom. The minimum Gasteiger partial charge on any atom is -0.330 e. The second-order valence-electron chi connectivity index (χ2n) is 4.05. The van der Waals surface area contributed by atoms with Gasteiger partial charge in [-0.1, -0.05) is 0 Å². The van der Waals surface area contributed by atoms with E-state index < -0.39 is 0 Å². The van der Waals surface area contributed by atoms with Gasteiger partial charge in [-0.15, -0.1) is 0 Å². The van der Waals surface area contributed by atoms with Crippen molar-refractivity contribution in [1.29, 1.82) is 0 Å². The molecular formula is C11H20N4O. The van der Waals surface area contributed by atoms with Gasteiger partial charge in [-0.2, -0.15) is 5.10 Å². The van der Waals surface area contributed by atoms with E-state index in [0.717, 1.165) is 18.7 Å². The van der Waals surface area contributed by atoms with Gasteiger partial charge in [0.05, 0.1) is 6.20 Å². The maximum atomic E-state index is 11.6. The zero-order valence-electron chi connectivity index (χ0n) is 9.94. The summed E-state index contributed by atoms with van der Waals surface area (Å²) in [6.45, 7) is 4.69. The lowest BCUT2D eigenvalue weighted by Crippen LogP contribution is -2.16. The summed E-state index contributed by atoms with van der Waals surface area (Å²) in [6, 6.07) is 2.05. The van der Waals surface area contributed by atoms with Crippen LogP contribution in [0.4, 0.5) is 5.82 Å². The summed E-state index contributed by atoms with van der Waals surface area (Å²) in [6.07, 6.45) is 3.92. The van der Waals surface area contributed by atoms with Gasteiger partial charge in [0.1, 0.15) is 5.82 Å². The fourth-order valence-corrected chi connectivity index (χ4v) is 1.46. The average Bonchev–Trinajstić information content (AvgIpc) is 2.66. The lowest BCUT2D eigenvalue weighted by atomic mass is 10.2. The highest BCUT2D eigenvalue weighted by Gasteiger charge is 2.08. The topological polar surface area (TPSA) is 72.9 Å². The van der Waals surface area contributed by atoms with Crippen molar-refractivity contribution in [2.45, 2.75) is 39.2 Å². The number of nitrogens with two attached hydrogens (primary N) is 1. The molecule has 16 heavy (non-hydrogen) atoms. The number of carbonyl (C=O) groups excluding carboxylic acids is 1. The van der Waals surface area contributed by atoms with E-state index in [2.05, 4.69) is 10.4 Å². The van der Waals surface area contributed by atoms with Gasteiger partial charge >= 0.3 is 0 Å². The van der Waals surface area contributed by atoms with E-state index in [0.29, 0.717) is 13.0 Å². The number of hydrogen-bond donors (Lipinski definition) is 2. The molecule has 1 aromatic heterocycles. The first-order valence-electron chi connectivity index (χ1n) is 5.68. The van der Waals surface area contributed by atoms with Crippen molar-refractivity contribution in [2.75, 3.05) is 11.9 Å². The van der Waals surface area contributed by atoms with Crippen LogP contribution < -0.4 is 11.1 Å². The highest BCUT2D eigenvalue weighted by atomic mass is 16.1. The Hall–Kier alpha value is -1.36. The smallest absolute Gasteiger partial charge is 0.225 e. The highest BCUT2D eigenvalue weighted by Crippen LogP contribution is 2.13. The van der Waals surface area contributed by atoms with Crippen molar-refractivity contribution in [2.24, 2.45) is 5.73 Å². The van der Waals surface area contributed by atoms with Crippen LogP contribution in [0, 0.1) is 0 Å². The first-order chi connectivity index (χ1) is 7.65. The molecule has 0 spiro atoms. The first-order valence-corrected chi connectivity index (χ1v) is 5.68. The molecule has 1 heterocycles. The van der Waals surface area contributed by atoms with Crippen molar-refractivity contribution in [1.82, 2.24) is 9.78 Å². The lowest BCUT2D eigenvalue weighted by molar-refractivity contribution is -0.116. The van der Waals surface area contributed by atoms with Crippen LogP contribution in [-0.4, -0.2) is 22.2 Å². The van der Waals surface area contributed by atoms with Crippen molar-refractivity contribution in [3.8, 4) is 0 Å². The summed E-state index contributed by atoms with van der Waals surface area (Å²) in [5.74, 6) is 0.781. The third-order valence-corrected chi connectivity index (χ3v) is 2.28. The summed E-state index contributed by atoms with van der Waals surface area (Å²) in [7, 11) is 0. The molecule has 0 aliphatic rings. The molecule has 3 N–H and O–H groups in total. The maximum Gasteiger partial charge on any atom is 0.225 e. The average molecular weight is 224 g/mol. The van der Waals surface area contributed by atoms with E-state index in [1.54, 1.807) is 16.9 Å². The molecule has 0 saturated carbocycles. The maximum absolute atomic E-state index is 11.6. The Balaban J connectivity index is 2.46. The minimum atomic E-state index is 0.0239. The molecular weight excluding hydrogens is 204 g/mol. The van der Waals surface area contributed by atoms with Gasteiger partial charge in [-0.3, -0.25) is 4.79 Å². The standard InChI is InChI=1S/C11H20N4O/c1-9(2)15-10(6-8-13-15)14-11(16)5-3-4-7-12/h6,8-9H,3-5,7,12H2,1-2H3,(H,14,16). The molecule has 1 amide bonds. The van der Waals surface area contributed by atoms with Gasteiger partial charge in [0.2, 0.25) is 5.91 Å². The van der Waals surface area contributed by atoms with Crippen molar-refractivity contribution >= 4 is 11.7 Å². The predicted molar refractivity (Wildman–Crippen MR) is 64.1 cm³/mol.